The molecule has 0 spiro atoms. The van der Waals surface area contributed by atoms with Crippen molar-refractivity contribution in [2.24, 2.45) is 0 Å². The fourth-order valence-corrected chi connectivity index (χ4v) is 2.79. The molecule has 0 atom stereocenters. The van der Waals surface area contributed by atoms with Crippen LogP contribution in [-0.2, 0) is 9.53 Å². The van der Waals surface area contributed by atoms with Gasteiger partial charge in [-0.1, -0.05) is 55.6 Å². The lowest BCUT2D eigenvalue weighted by atomic mass is 9.99. The van der Waals surface area contributed by atoms with Crippen LogP contribution in [0.2, 0.25) is 0 Å². The van der Waals surface area contributed by atoms with Crippen molar-refractivity contribution in [3.8, 4) is 33.8 Å². The molecule has 6 heteroatoms. The van der Waals surface area contributed by atoms with Crippen molar-refractivity contribution in [1.82, 2.24) is 0 Å². The second kappa shape index (κ2) is 10.2. The lowest BCUT2D eigenvalue weighted by Crippen LogP contribution is -2.10. The summed E-state index contributed by atoms with van der Waals surface area (Å²) in [4.78, 5) is 23.1. The maximum Gasteiger partial charge on any atom is 0.514 e. The number of hydrogen-bond acceptors (Lipinski definition) is 5. The Morgan fingerprint density at radius 3 is 2.00 bits per heavy atom. The van der Waals surface area contributed by atoms with Crippen LogP contribution in [0.5, 0.6) is 11.5 Å². The minimum absolute atomic E-state index is 0.0604. The van der Waals surface area contributed by atoms with E-state index in [0.717, 1.165) is 5.56 Å². The highest BCUT2D eigenvalue weighted by Gasteiger charge is 2.10. The number of halogens is 1. The predicted molar refractivity (Wildman–Crippen MR) is 120 cm³/mol. The fraction of sp³-hybridized carbons (Fsp3) is 0.0769. The summed E-state index contributed by atoms with van der Waals surface area (Å²) in [6, 6.07) is 18.1. The normalized spacial score (nSPS) is 10.2. The van der Waals surface area contributed by atoms with E-state index in [2.05, 4.69) is 13.2 Å². The van der Waals surface area contributed by atoms with Crippen molar-refractivity contribution in [1.29, 1.82) is 0 Å². The van der Waals surface area contributed by atoms with Gasteiger partial charge in [-0.2, -0.15) is 0 Å². The Morgan fingerprint density at radius 2 is 1.44 bits per heavy atom. The Hall–Kier alpha value is -4.19. The van der Waals surface area contributed by atoms with Crippen LogP contribution < -0.4 is 9.47 Å². The highest BCUT2D eigenvalue weighted by molar-refractivity contribution is 5.88. The van der Waals surface area contributed by atoms with E-state index in [4.69, 9.17) is 14.2 Å². The van der Waals surface area contributed by atoms with Crippen molar-refractivity contribution in [2.45, 2.75) is 6.92 Å². The van der Waals surface area contributed by atoms with E-state index < -0.39 is 17.9 Å². The lowest BCUT2D eigenvalue weighted by molar-refractivity contribution is -0.130. The standard InChI is InChI=1S/C26H21FO5/c1-4-15-30-26(29)32-22-10-5-18(6-11-22)20-9-14-23(24(27)16-20)19-7-12-21(13-8-19)31-25(28)17(2)3/h4-14,16H,1-2,15H2,3H3. The van der Waals surface area contributed by atoms with Crippen molar-refractivity contribution >= 4 is 12.1 Å². The maximum absolute atomic E-state index is 14.8. The number of carbonyl (C=O) groups is 2. The van der Waals surface area contributed by atoms with Gasteiger partial charge in [0.25, 0.3) is 0 Å². The first-order chi connectivity index (χ1) is 15.4. The van der Waals surface area contributed by atoms with Gasteiger partial charge in [0.1, 0.15) is 23.9 Å². The molecular formula is C26H21FO5. The highest BCUT2D eigenvalue weighted by Crippen LogP contribution is 2.30. The molecule has 0 bridgehead atoms. The number of rotatable bonds is 7. The van der Waals surface area contributed by atoms with Gasteiger partial charge in [-0.05, 0) is 53.9 Å². The lowest BCUT2D eigenvalue weighted by Gasteiger charge is -2.09. The third-order valence-corrected chi connectivity index (χ3v) is 4.40. The SMILES string of the molecule is C=CCOC(=O)Oc1ccc(-c2ccc(-c3ccc(OC(=O)C(=C)C)cc3)c(F)c2)cc1. The highest BCUT2D eigenvalue weighted by atomic mass is 19.1. The van der Waals surface area contributed by atoms with E-state index in [1.54, 1.807) is 67.6 Å². The van der Waals surface area contributed by atoms with Crippen LogP contribution in [-0.4, -0.2) is 18.7 Å². The van der Waals surface area contributed by atoms with Gasteiger partial charge in [0.05, 0.1) is 0 Å². The van der Waals surface area contributed by atoms with Gasteiger partial charge in [-0.15, -0.1) is 0 Å². The molecule has 3 aromatic rings. The van der Waals surface area contributed by atoms with Crippen LogP contribution in [0, 0.1) is 5.82 Å². The van der Waals surface area contributed by atoms with Crippen LogP contribution in [0.3, 0.4) is 0 Å². The number of benzene rings is 3. The molecule has 0 aliphatic rings. The Morgan fingerprint density at radius 1 is 0.875 bits per heavy atom. The molecule has 0 aliphatic heterocycles. The molecule has 0 radical (unpaired) electrons. The van der Waals surface area contributed by atoms with Gasteiger partial charge in [-0.3, -0.25) is 0 Å². The van der Waals surface area contributed by atoms with Gasteiger partial charge in [0, 0.05) is 11.1 Å². The van der Waals surface area contributed by atoms with Gasteiger partial charge in [0.2, 0.25) is 0 Å². The van der Waals surface area contributed by atoms with Gasteiger partial charge in [0.15, 0.2) is 0 Å². The fourth-order valence-electron chi connectivity index (χ4n) is 2.79. The zero-order chi connectivity index (χ0) is 23.1. The van der Waals surface area contributed by atoms with Crippen molar-refractivity contribution in [2.75, 3.05) is 6.61 Å². The van der Waals surface area contributed by atoms with Crippen molar-refractivity contribution in [3.05, 3.63) is 97.4 Å². The van der Waals surface area contributed by atoms with Crippen molar-refractivity contribution < 1.29 is 28.2 Å². The summed E-state index contributed by atoms with van der Waals surface area (Å²) >= 11 is 0. The zero-order valence-corrected chi connectivity index (χ0v) is 17.5. The molecule has 0 amide bonds. The zero-order valence-electron chi connectivity index (χ0n) is 17.5. The molecule has 0 saturated heterocycles. The van der Waals surface area contributed by atoms with Crippen LogP contribution >= 0.6 is 0 Å². The Bertz CT molecular complexity index is 1150. The summed E-state index contributed by atoms with van der Waals surface area (Å²) in [7, 11) is 0. The number of ether oxygens (including phenoxy) is 3. The summed E-state index contributed by atoms with van der Waals surface area (Å²) in [5, 5.41) is 0. The van der Waals surface area contributed by atoms with Gasteiger partial charge in [-0.25, -0.2) is 14.0 Å². The largest absolute Gasteiger partial charge is 0.514 e. The molecule has 3 aromatic carbocycles. The molecule has 5 nitrogen and oxygen atoms in total. The molecule has 0 fully saturated rings. The smallest absolute Gasteiger partial charge is 0.430 e. The number of esters is 1. The molecule has 0 saturated carbocycles. The summed E-state index contributed by atoms with van der Waals surface area (Å²) in [6.07, 6.45) is 0.614. The average molecular weight is 432 g/mol. The molecule has 0 aromatic heterocycles. The minimum atomic E-state index is -0.826. The average Bonchev–Trinajstić information content (AvgIpc) is 2.78. The molecular weight excluding hydrogens is 411 g/mol. The third-order valence-electron chi connectivity index (χ3n) is 4.40. The Kier molecular flexibility index (Phi) is 7.18. The molecule has 0 aliphatic carbocycles. The van der Waals surface area contributed by atoms with Crippen LogP contribution in [0.1, 0.15) is 6.92 Å². The molecule has 0 heterocycles. The Balaban J connectivity index is 1.72. The number of carbonyl (C=O) groups excluding carboxylic acids is 2. The second-order valence-electron chi connectivity index (χ2n) is 6.86. The molecule has 0 unspecified atom stereocenters. The van der Waals surface area contributed by atoms with E-state index in [0.29, 0.717) is 33.8 Å². The topological polar surface area (TPSA) is 61.8 Å². The summed E-state index contributed by atoms with van der Waals surface area (Å²) in [5.74, 6) is -0.248. The molecule has 3 rings (SSSR count). The van der Waals surface area contributed by atoms with E-state index in [1.165, 1.54) is 12.1 Å². The number of hydrogen-bond donors (Lipinski definition) is 0. The maximum atomic E-state index is 14.8. The monoisotopic (exact) mass is 432 g/mol. The summed E-state index contributed by atoms with van der Waals surface area (Å²) in [6.45, 7) is 8.61. The predicted octanol–water partition coefficient (Wildman–Crippen LogP) is 6.34. The minimum Gasteiger partial charge on any atom is -0.430 e. The first-order valence-electron chi connectivity index (χ1n) is 9.71. The van der Waals surface area contributed by atoms with Crippen molar-refractivity contribution in [3.63, 3.8) is 0 Å². The van der Waals surface area contributed by atoms with Crippen LogP contribution in [0.25, 0.3) is 22.3 Å². The van der Waals surface area contributed by atoms with E-state index in [1.807, 2.05) is 0 Å². The summed E-state index contributed by atoms with van der Waals surface area (Å²) < 4.78 is 29.8. The third kappa shape index (κ3) is 5.70. The van der Waals surface area contributed by atoms with Crippen LogP contribution in [0.4, 0.5) is 9.18 Å². The second-order valence-corrected chi connectivity index (χ2v) is 6.86. The molecule has 162 valence electrons. The summed E-state index contributed by atoms with van der Waals surface area (Å²) in [5.41, 5.74) is 2.77. The van der Waals surface area contributed by atoms with Gasteiger partial charge < -0.3 is 14.2 Å². The first-order valence-corrected chi connectivity index (χ1v) is 9.71. The Labute approximate surface area is 185 Å². The quantitative estimate of drug-likeness (QED) is 0.143. The van der Waals surface area contributed by atoms with Gasteiger partial charge >= 0.3 is 12.1 Å². The van der Waals surface area contributed by atoms with E-state index >= 15 is 0 Å². The molecule has 0 N–H and O–H groups in total. The van der Waals surface area contributed by atoms with Crippen LogP contribution in [0.15, 0.2) is 91.5 Å². The van der Waals surface area contributed by atoms with E-state index in [9.17, 15) is 14.0 Å². The first kappa shape index (κ1) is 22.5. The van der Waals surface area contributed by atoms with E-state index in [-0.39, 0.29) is 6.61 Å². The molecule has 32 heavy (non-hydrogen) atoms.